The van der Waals surface area contributed by atoms with Gasteiger partial charge in [0.05, 0.1) is 0 Å². The smallest absolute Gasteiger partial charge is 0.411 e. The molecule has 26 heavy (non-hydrogen) atoms. The first-order valence-corrected chi connectivity index (χ1v) is 9.42. The van der Waals surface area contributed by atoms with Gasteiger partial charge in [0.25, 0.3) is 0 Å². The summed E-state index contributed by atoms with van der Waals surface area (Å²) in [4.78, 5) is 14.8. The molecule has 0 bridgehead atoms. The van der Waals surface area contributed by atoms with Gasteiger partial charge in [0, 0.05) is 6.54 Å². The summed E-state index contributed by atoms with van der Waals surface area (Å²) < 4.78 is 6.04. The van der Waals surface area contributed by atoms with Crippen LogP contribution in [0, 0.1) is 0 Å². The summed E-state index contributed by atoms with van der Waals surface area (Å²) in [7, 11) is 0. The Balaban J connectivity index is 1.77. The molecular formula is C23H27NO2. The maximum atomic E-state index is 12.9. The minimum atomic E-state index is -0.529. The van der Waals surface area contributed by atoms with E-state index >= 15 is 0 Å². The Kier molecular flexibility index (Phi) is 3.69. The third-order valence-corrected chi connectivity index (χ3v) is 6.53. The lowest BCUT2D eigenvalue weighted by atomic mass is 9.59. The van der Waals surface area contributed by atoms with E-state index in [2.05, 4.69) is 64.1 Å². The van der Waals surface area contributed by atoms with Crippen LogP contribution in [0.1, 0.15) is 50.8 Å². The molecule has 1 heterocycles. The van der Waals surface area contributed by atoms with Gasteiger partial charge in [-0.1, -0.05) is 68.4 Å². The monoisotopic (exact) mass is 349 g/mol. The fourth-order valence-corrected chi connectivity index (χ4v) is 5.09. The molecule has 3 nitrogen and oxygen atoms in total. The molecule has 1 saturated heterocycles. The zero-order chi connectivity index (χ0) is 18.6. The molecule has 2 aromatic carbocycles. The molecule has 4 rings (SSSR count). The van der Waals surface area contributed by atoms with Crippen LogP contribution in [0.15, 0.2) is 54.6 Å². The predicted octanol–water partition coefficient (Wildman–Crippen LogP) is 5.04. The highest BCUT2D eigenvalue weighted by Crippen LogP contribution is 2.57. The first-order chi connectivity index (χ1) is 12.3. The minimum absolute atomic E-state index is 0.0272. The number of carbonyl (C=O) groups excluding carboxylic acids is 1. The summed E-state index contributed by atoms with van der Waals surface area (Å²) in [5.74, 6) is 0. The quantitative estimate of drug-likeness (QED) is 0.777. The number of ether oxygens (including phenoxy) is 1. The van der Waals surface area contributed by atoms with E-state index in [1.807, 2.05) is 23.1 Å². The molecule has 0 spiro atoms. The summed E-state index contributed by atoms with van der Waals surface area (Å²) >= 11 is 0. The Labute approximate surface area is 156 Å². The molecule has 1 fully saturated rings. The maximum Gasteiger partial charge on any atom is 0.411 e. The summed E-state index contributed by atoms with van der Waals surface area (Å²) in [5.41, 5.74) is 2.77. The fraction of sp³-hybridized carbons (Fsp3) is 0.435. The SMILES string of the molecule is CC1(C)C[C@]2(C)OC(=O)N(CCc3ccccc3)[C@@]2(C)c2ccccc21. The van der Waals surface area contributed by atoms with E-state index in [0.29, 0.717) is 6.54 Å². The Bertz CT molecular complexity index is 844. The van der Waals surface area contributed by atoms with Crippen molar-refractivity contribution in [1.82, 2.24) is 4.90 Å². The predicted molar refractivity (Wildman–Crippen MR) is 103 cm³/mol. The number of benzene rings is 2. The summed E-state index contributed by atoms with van der Waals surface area (Å²) in [6, 6.07) is 18.9. The molecule has 3 heteroatoms. The Hall–Kier alpha value is -2.29. The van der Waals surface area contributed by atoms with Crippen LogP contribution in [0.2, 0.25) is 0 Å². The van der Waals surface area contributed by atoms with Crippen molar-refractivity contribution in [2.45, 2.75) is 57.1 Å². The lowest BCUT2D eigenvalue weighted by Crippen LogP contribution is -2.58. The molecule has 2 aromatic rings. The van der Waals surface area contributed by atoms with Gasteiger partial charge in [-0.2, -0.15) is 0 Å². The highest BCUT2D eigenvalue weighted by Gasteiger charge is 2.65. The van der Waals surface area contributed by atoms with Crippen LogP contribution in [0.5, 0.6) is 0 Å². The Morgan fingerprint density at radius 1 is 0.923 bits per heavy atom. The lowest BCUT2D eigenvalue weighted by molar-refractivity contribution is -0.0291. The molecule has 0 saturated carbocycles. The highest BCUT2D eigenvalue weighted by molar-refractivity contribution is 5.74. The van der Waals surface area contributed by atoms with Gasteiger partial charge in [0.15, 0.2) is 0 Å². The van der Waals surface area contributed by atoms with Crippen LogP contribution in [0.25, 0.3) is 0 Å². The van der Waals surface area contributed by atoms with Gasteiger partial charge >= 0.3 is 6.09 Å². The first kappa shape index (κ1) is 17.1. The van der Waals surface area contributed by atoms with E-state index < -0.39 is 11.1 Å². The van der Waals surface area contributed by atoms with Crippen molar-refractivity contribution in [3.63, 3.8) is 0 Å². The van der Waals surface area contributed by atoms with Crippen molar-refractivity contribution in [3.8, 4) is 0 Å². The molecule has 0 unspecified atom stereocenters. The van der Waals surface area contributed by atoms with Gasteiger partial charge in [0.2, 0.25) is 0 Å². The van der Waals surface area contributed by atoms with E-state index in [0.717, 1.165) is 12.8 Å². The minimum Gasteiger partial charge on any atom is -0.440 e. The largest absolute Gasteiger partial charge is 0.440 e. The van der Waals surface area contributed by atoms with Crippen molar-refractivity contribution < 1.29 is 9.53 Å². The van der Waals surface area contributed by atoms with E-state index in [9.17, 15) is 4.79 Å². The standard InChI is InChI=1S/C23H27NO2/c1-21(2)16-22(3)23(4,19-13-9-8-12-18(19)21)24(20(25)26-22)15-14-17-10-6-5-7-11-17/h5-13H,14-16H2,1-4H3/t22-,23-/m0/s1. The fourth-order valence-electron chi connectivity index (χ4n) is 5.09. The molecule has 1 aliphatic carbocycles. The second-order valence-corrected chi connectivity index (χ2v) is 8.66. The number of fused-ring (bicyclic) bond motifs is 3. The van der Waals surface area contributed by atoms with Gasteiger partial charge in [-0.3, -0.25) is 4.90 Å². The number of nitrogens with zero attached hydrogens (tertiary/aromatic N) is 1. The van der Waals surface area contributed by atoms with Gasteiger partial charge < -0.3 is 4.74 Å². The van der Waals surface area contributed by atoms with Crippen LogP contribution >= 0.6 is 0 Å². The highest BCUT2D eigenvalue weighted by atomic mass is 16.6. The zero-order valence-electron chi connectivity index (χ0n) is 16.1. The van der Waals surface area contributed by atoms with Crippen molar-refractivity contribution in [3.05, 3.63) is 71.3 Å². The third-order valence-electron chi connectivity index (χ3n) is 6.53. The molecule has 0 aromatic heterocycles. The first-order valence-electron chi connectivity index (χ1n) is 9.42. The molecule has 1 amide bonds. The van der Waals surface area contributed by atoms with E-state index in [1.54, 1.807) is 0 Å². The van der Waals surface area contributed by atoms with Gasteiger partial charge in [-0.05, 0) is 48.8 Å². The number of hydrogen-bond acceptors (Lipinski definition) is 2. The third kappa shape index (κ3) is 2.29. The number of carbonyl (C=O) groups is 1. The van der Waals surface area contributed by atoms with E-state index in [-0.39, 0.29) is 11.5 Å². The van der Waals surface area contributed by atoms with Crippen LogP contribution in [-0.4, -0.2) is 23.1 Å². The van der Waals surface area contributed by atoms with Gasteiger partial charge in [-0.15, -0.1) is 0 Å². The zero-order valence-corrected chi connectivity index (χ0v) is 16.1. The van der Waals surface area contributed by atoms with E-state index in [1.165, 1.54) is 16.7 Å². The molecule has 2 aliphatic rings. The molecule has 0 N–H and O–H groups in total. The maximum absolute atomic E-state index is 12.9. The Morgan fingerprint density at radius 2 is 1.54 bits per heavy atom. The van der Waals surface area contributed by atoms with Crippen LogP contribution < -0.4 is 0 Å². The molecule has 136 valence electrons. The lowest BCUT2D eigenvalue weighted by Gasteiger charge is -2.52. The number of rotatable bonds is 3. The summed E-state index contributed by atoms with van der Waals surface area (Å²) in [5, 5.41) is 0. The average molecular weight is 349 g/mol. The second kappa shape index (κ2) is 5.60. The van der Waals surface area contributed by atoms with E-state index in [4.69, 9.17) is 4.74 Å². The topological polar surface area (TPSA) is 29.5 Å². The molecule has 2 atom stereocenters. The van der Waals surface area contributed by atoms with Crippen molar-refractivity contribution in [2.75, 3.05) is 6.54 Å². The van der Waals surface area contributed by atoms with Crippen molar-refractivity contribution in [2.24, 2.45) is 0 Å². The normalized spacial score (nSPS) is 29.1. The van der Waals surface area contributed by atoms with Gasteiger partial charge in [0.1, 0.15) is 11.1 Å². The number of amides is 1. The van der Waals surface area contributed by atoms with Crippen LogP contribution in [-0.2, 0) is 22.1 Å². The second-order valence-electron chi connectivity index (χ2n) is 8.66. The summed E-state index contributed by atoms with van der Waals surface area (Å²) in [6.07, 6.45) is 1.45. The van der Waals surface area contributed by atoms with Crippen LogP contribution in [0.3, 0.4) is 0 Å². The van der Waals surface area contributed by atoms with Crippen molar-refractivity contribution in [1.29, 1.82) is 0 Å². The Morgan fingerprint density at radius 3 is 2.23 bits per heavy atom. The van der Waals surface area contributed by atoms with Crippen LogP contribution in [0.4, 0.5) is 4.79 Å². The molecular weight excluding hydrogens is 322 g/mol. The molecule has 0 radical (unpaired) electrons. The van der Waals surface area contributed by atoms with Crippen molar-refractivity contribution >= 4 is 6.09 Å². The number of hydrogen-bond donors (Lipinski definition) is 0. The van der Waals surface area contributed by atoms with Gasteiger partial charge in [-0.25, -0.2) is 4.79 Å². The molecule has 1 aliphatic heterocycles. The average Bonchev–Trinajstić information content (AvgIpc) is 2.80. The summed E-state index contributed by atoms with van der Waals surface area (Å²) in [6.45, 7) is 9.43.